The number of fused-ring (bicyclic) bond motifs is 2. The summed E-state index contributed by atoms with van der Waals surface area (Å²) in [6, 6.07) is 17.5. The number of rotatable bonds is 3. The monoisotopic (exact) mass is 355 g/mol. The average molecular weight is 355 g/mol. The van der Waals surface area contributed by atoms with E-state index in [1.807, 2.05) is 61.5 Å². The summed E-state index contributed by atoms with van der Waals surface area (Å²) in [6.07, 6.45) is 0. The molecule has 128 valence electrons. The fourth-order valence-corrected chi connectivity index (χ4v) is 3.81. The van der Waals surface area contributed by atoms with Gasteiger partial charge in [-0.05, 0) is 41.5 Å². The van der Waals surface area contributed by atoms with E-state index in [2.05, 4.69) is 4.72 Å². The molecule has 3 aromatic rings. The van der Waals surface area contributed by atoms with Crippen molar-refractivity contribution in [3.05, 3.63) is 60.2 Å². The van der Waals surface area contributed by atoms with E-state index in [-0.39, 0.29) is 6.54 Å². The fraction of sp³-hybridized carbons (Fsp3) is 0.158. The van der Waals surface area contributed by atoms with Gasteiger partial charge in [-0.1, -0.05) is 36.4 Å². The van der Waals surface area contributed by atoms with E-state index in [1.165, 1.54) is 0 Å². The molecule has 25 heavy (non-hydrogen) atoms. The zero-order chi connectivity index (χ0) is 17.4. The summed E-state index contributed by atoms with van der Waals surface area (Å²) in [7, 11) is -3.75. The minimum Gasteiger partial charge on any atom is -0.494 e. The van der Waals surface area contributed by atoms with E-state index in [0.29, 0.717) is 12.4 Å². The van der Waals surface area contributed by atoms with Crippen LogP contribution in [0.3, 0.4) is 0 Å². The van der Waals surface area contributed by atoms with Crippen molar-refractivity contribution in [3.63, 3.8) is 0 Å². The Labute approximate surface area is 146 Å². The molecule has 0 saturated heterocycles. The molecule has 0 atom stereocenters. The molecule has 0 radical (unpaired) electrons. The Bertz CT molecular complexity index is 1060. The van der Waals surface area contributed by atoms with E-state index in [4.69, 9.17) is 8.92 Å². The highest BCUT2D eigenvalue weighted by molar-refractivity contribution is 7.85. The first kappa shape index (κ1) is 15.9. The molecule has 3 aromatic carbocycles. The van der Waals surface area contributed by atoms with Crippen LogP contribution in [0.15, 0.2) is 54.6 Å². The summed E-state index contributed by atoms with van der Waals surface area (Å²) in [4.78, 5) is 0. The second-order valence-electron chi connectivity index (χ2n) is 5.81. The van der Waals surface area contributed by atoms with E-state index in [9.17, 15) is 8.42 Å². The molecule has 1 aliphatic heterocycles. The minimum atomic E-state index is -3.75. The maximum Gasteiger partial charge on any atom is 0.382 e. The highest BCUT2D eigenvalue weighted by atomic mass is 32.2. The lowest BCUT2D eigenvalue weighted by Crippen LogP contribution is -2.32. The summed E-state index contributed by atoms with van der Waals surface area (Å²) in [5, 5.41) is 2.12. The highest BCUT2D eigenvalue weighted by Crippen LogP contribution is 2.37. The maximum absolute atomic E-state index is 11.8. The fourth-order valence-electron chi connectivity index (χ4n) is 3.00. The second kappa shape index (κ2) is 6.06. The van der Waals surface area contributed by atoms with Gasteiger partial charge in [0.15, 0.2) is 5.75 Å². The first-order valence-corrected chi connectivity index (χ1v) is 9.44. The van der Waals surface area contributed by atoms with Crippen molar-refractivity contribution in [2.45, 2.75) is 13.5 Å². The van der Waals surface area contributed by atoms with Crippen LogP contribution in [0.4, 0.5) is 0 Å². The first-order valence-electron chi connectivity index (χ1n) is 8.04. The van der Waals surface area contributed by atoms with Gasteiger partial charge in [0.1, 0.15) is 5.75 Å². The molecule has 0 spiro atoms. The van der Waals surface area contributed by atoms with Crippen molar-refractivity contribution < 1.29 is 17.3 Å². The molecule has 0 aliphatic carbocycles. The molecule has 0 bridgehead atoms. The molecule has 6 heteroatoms. The highest BCUT2D eigenvalue weighted by Gasteiger charge is 2.24. The zero-order valence-electron chi connectivity index (χ0n) is 13.7. The van der Waals surface area contributed by atoms with Gasteiger partial charge in [0, 0.05) is 17.7 Å². The van der Waals surface area contributed by atoms with E-state index >= 15 is 0 Å². The van der Waals surface area contributed by atoms with Crippen LogP contribution in [-0.4, -0.2) is 15.0 Å². The Kier molecular flexibility index (Phi) is 3.86. The SMILES string of the molecule is CCOc1ccc2cc(-c3cccc4c3OS(=O)(=O)NC4)ccc2c1. The number of para-hydroxylation sites is 1. The van der Waals surface area contributed by atoms with Crippen LogP contribution in [0.1, 0.15) is 12.5 Å². The third-order valence-corrected chi connectivity index (χ3v) is 5.05. The van der Waals surface area contributed by atoms with Gasteiger partial charge in [-0.25, -0.2) is 0 Å². The van der Waals surface area contributed by atoms with Crippen LogP contribution in [0.2, 0.25) is 0 Å². The summed E-state index contributed by atoms with van der Waals surface area (Å²) < 4.78 is 36.6. The van der Waals surface area contributed by atoms with Gasteiger partial charge in [0.2, 0.25) is 0 Å². The standard InChI is InChI=1S/C19H17NO4S/c1-2-23-17-9-8-13-10-15(7-6-14(13)11-17)18-5-3-4-16-12-20-25(21,22)24-19(16)18/h3-11,20H,2,12H2,1H3. The van der Waals surface area contributed by atoms with Crippen LogP contribution in [0.25, 0.3) is 21.9 Å². The molecule has 1 heterocycles. The summed E-state index contributed by atoms with van der Waals surface area (Å²) in [6.45, 7) is 2.81. The average Bonchev–Trinajstić information content (AvgIpc) is 2.60. The molecule has 5 nitrogen and oxygen atoms in total. The molecular weight excluding hydrogens is 338 g/mol. The lowest BCUT2D eigenvalue weighted by molar-refractivity contribution is 0.341. The van der Waals surface area contributed by atoms with Crippen molar-refractivity contribution >= 4 is 21.1 Å². The molecule has 0 saturated carbocycles. The Morgan fingerprint density at radius 3 is 2.72 bits per heavy atom. The van der Waals surface area contributed by atoms with E-state index in [1.54, 1.807) is 0 Å². The third-order valence-electron chi connectivity index (χ3n) is 4.16. The molecule has 0 unspecified atom stereocenters. The van der Waals surface area contributed by atoms with Gasteiger partial charge in [0.05, 0.1) is 6.61 Å². The molecule has 0 aromatic heterocycles. The van der Waals surface area contributed by atoms with Crippen molar-refractivity contribution in [3.8, 4) is 22.6 Å². The molecule has 4 rings (SSSR count). The Hall–Kier alpha value is -2.57. The van der Waals surface area contributed by atoms with E-state index in [0.717, 1.165) is 33.2 Å². The smallest absolute Gasteiger partial charge is 0.382 e. The van der Waals surface area contributed by atoms with Crippen LogP contribution >= 0.6 is 0 Å². The van der Waals surface area contributed by atoms with Crippen molar-refractivity contribution in [2.24, 2.45) is 0 Å². The van der Waals surface area contributed by atoms with Crippen LogP contribution in [-0.2, 0) is 16.8 Å². The van der Waals surface area contributed by atoms with Crippen molar-refractivity contribution in [1.29, 1.82) is 0 Å². The van der Waals surface area contributed by atoms with Crippen LogP contribution in [0.5, 0.6) is 11.5 Å². The van der Waals surface area contributed by atoms with Gasteiger partial charge < -0.3 is 8.92 Å². The number of hydrogen-bond acceptors (Lipinski definition) is 4. The quantitative estimate of drug-likeness (QED) is 0.779. The minimum absolute atomic E-state index is 0.233. The Balaban J connectivity index is 1.82. The number of benzene rings is 3. The van der Waals surface area contributed by atoms with Crippen LogP contribution in [0, 0.1) is 0 Å². The van der Waals surface area contributed by atoms with Gasteiger partial charge in [-0.3, -0.25) is 0 Å². The predicted molar refractivity (Wildman–Crippen MR) is 96.9 cm³/mol. The summed E-state index contributed by atoms with van der Waals surface area (Å²) >= 11 is 0. The summed E-state index contributed by atoms with van der Waals surface area (Å²) in [5.41, 5.74) is 2.49. The molecule has 1 N–H and O–H groups in total. The zero-order valence-corrected chi connectivity index (χ0v) is 14.5. The first-order chi connectivity index (χ1) is 12.1. The molecule has 0 amide bonds. The van der Waals surface area contributed by atoms with E-state index < -0.39 is 10.3 Å². The second-order valence-corrected chi connectivity index (χ2v) is 7.17. The molecular formula is C19H17NO4S. The summed E-state index contributed by atoms with van der Waals surface area (Å²) in [5.74, 6) is 1.23. The number of nitrogens with one attached hydrogen (secondary N) is 1. The largest absolute Gasteiger partial charge is 0.494 e. The lowest BCUT2D eigenvalue weighted by Gasteiger charge is -2.20. The lowest BCUT2D eigenvalue weighted by atomic mass is 9.98. The Morgan fingerprint density at radius 2 is 1.88 bits per heavy atom. The van der Waals surface area contributed by atoms with Crippen molar-refractivity contribution in [2.75, 3.05) is 6.61 Å². The van der Waals surface area contributed by atoms with Crippen LogP contribution < -0.4 is 13.6 Å². The maximum atomic E-state index is 11.8. The topological polar surface area (TPSA) is 64.6 Å². The third kappa shape index (κ3) is 3.06. The van der Waals surface area contributed by atoms with Gasteiger partial charge in [0.25, 0.3) is 0 Å². The Morgan fingerprint density at radius 1 is 1.08 bits per heavy atom. The normalized spacial score (nSPS) is 15.4. The van der Waals surface area contributed by atoms with Gasteiger partial charge in [-0.15, -0.1) is 0 Å². The van der Waals surface area contributed by atoms with Crippen molar-refractivity contribution in [1.82, 2.24) is 4.72 Å². The predicted octanol–water partition coefficient (Wildman–Crippen LogP) is 3.63. The molecule has 1 aliphatic rings. The molecule has 0 fully saturated rings. The van der Waals surface area contributed by atoms with Gasteiger partial charge >= 0.3 is 10.3 Å². The van der Waals surface area contributed by atoms with Gasteiger partial charge in [-0.2, -0.15) is 13.1 Å². The number of ether oxygens (including phenoxy) is 1. The number of hydrogen-bond donors (Lipinski definition) is 1.